The number of nitrogens with zero attached hydrogens (tertiary/aromatic N) is 4. The Morgan fingerprint density at radius 3 is 2.83 bits per heavy atom. The Morgan fingerprint density at radius 1 is 1.27 bits per heavy atom. The van der Waals surface area contributed by atoms with E-state index in [1.165, 1.54) is 18.0 Å². The average molecular weight is 409 g/mol. The van der Waals surface area contributed by atoms with E-state index in [0.717, 1.165) is 31.6 Å². The maximum absolute atomic E-state index is 12.4. The second-order valence-electron chi connectivity index (χ2n) is 7.05. The van der Waals surface area contributed by atoms with Gasteiger partial charge in [-0.2, -0.15) is 9.78 Å². The van der Waals surface area contributed by atoms with E-state index in [1.54, 1.807) is 36.7 Å². The van der Waals surface area contributed by atoms with Crippen molar-refractivity contribution < 1.29 is 19.4 Å². The number of carbonyl (C=O) groups is 1. The number of rotatable bonds is 6. The molecular weight excluding hydrogens is 386 g/mol. The van der Waals surface area contributed by atoms with Crippen LogP contribution in [0.15, 0.2) is 42.9 Å². The lowest BCUT2D eigenvalue weighted by molar-refractivity contribution is 0.0642. The number of amides is 1. The van der Waals surface area contributed by atoms with Crippen LogP contribution < -0.4 is 10.1 Å². The molecule has 0 atom stereocenters. The molecule has 1 fully saturated rings. The van der Waals surface area contributed by atoms with Crippen molar-refractivity contribution in [2.45, 2.75) is 12.8 Å². The summed E-state index contributed by atoms with van der Waals surface area (Å²) in [4.78, 5) is 20.7. The third-order valence-electron chi connectivity index (χ3n) is 5.12. The maximum atomic E-state index is 12.4. The second-order valence-corrected chi connectivity index (χ2v) is 7.05. The largest absolute Gasteiger partial charge is 0.493 e. The zero-order valence-electron chi connectivity index (χ0n) is 16.6. The topological polar surface area (TPSA) is 111 Å². The van der Waals surface area contributed by atoms with Gasteiger partial charge in [0, 0.05) is 32.0 Å². The van der Waals surface area contributed by atoms with Crippen molar-refractivity contribution in [1.82, 2.24) is 25.1 Å². The highest BCUT2D eigenvalue weighted by molar-refractivity contribution is 5.92. The van der Waals surface area contributed by atoms with Gasteiger partial charge in [-0.05, 0) is 42.5 Å². The highest BCUT2D eigenvalue weighted by Gasteiger charge is 2.17. The van der Waals surface area contributed by atoms with Crippen LogP contribution in [0.25, 0.3) is 16.8 Å². The molecule has 9 heteroatoms. The minimum atomic E-state index is -0.220. The van der Waals surface area contributed by atoms with Crippen molar-refractivity contribution in [3.05, 3.63) is 48.5 Å². The molecule has 4 heterocycles. The van der Waals surface area contributed by atoms with E-state index in [9.17, 15) is 9.90 Å². The molecule has 0 bridgehead atoms. The molecule has 1 aliphatic rings. The minimum absolute atomic E-state index is 0.0400. The average Bonchev–Trinajstić information content (AvgIpc) is 3.19. The Balaban J connectivity index is 1.46. The van der Waals surface area contributed by atoms with Crippen LogP contribution in [0.4, 0.5) is 0 Å². The fraction of sp³-hybridized carbons (Fsp3) is 0.333. The number of nitrogens with one attached hydrogen (secondary N) is 1. The van der Waals surface area contributed by atoms with Crippen LogP contribution in [0.3, 0.4) is 0 Å². The van der Waals surface area contributed by atoms with Gasteiger partial charge in [-0.15, -0.1) is 0 Å². The molecular formula is C21H23N5O4. The fourth-order valence-electron chi connectivity index (χ4n) is 3.35. The molecule has 3 aromatic heterocycles. The van der Waals surface area contributed by atoms with E-state index in [2.05, 4.69) is 20.4 Å². The van der Waals surface area contributed by atoms with E-state index in [4.69, 9.17) is 9.47 Å². The fourth-order valence-corrected chi connectivity index (χ4v) is 3.35. The van der Waals surface area contributed by atoms with Crippen molar-refractivity contribution >= 4 is 5.91 Å². The van der Waals surface area contributed by atoms with Crippen LogP contribution in [0, 0.1) is 5.92 Å². The van der Waals surface area contributed by atoms with Gasteiger partial charge in [0.2, 0.25) is 11.8 Å². The molecule has 156 valence electrons. The van der Waals surface area contributed by atoms with Crippen molar-refractivity contribution in [2.24, 2.45) is 5.92 Å². The predicted molar refractivity (Wildman–Crippen MR) is 109 cm³/mol. The molecule has 30 heavy (non-hydrogen) atoms. The summed E-state index contributed by atoms with van der Waals surface area (Å²) in [5.41, 5.74) is 2.12. The first kappa shape index (κ1) is 19.8. The lowest BCUT2D eigenvalue weighted by Crippen LogP contribution is -2.32. The Kier molecular flexibility index (Phi) is 5.89. The Hall–Kier alpha value is -3.46. The molecule has 0 saturated carbocycles. The first-order chi connectivity index (χ1) is 14.7. The molecule has 1 aliphatic heterocycles. The summed E-state index contributed by atoms with van der Waals surface area (Å²) >= 11 is 0. The van der Waals surface area contributed by atoms with Crippen LogP contribution in [0.1, 0.15) is 23.3 Å². The lowest BCUT2D eigenvalue weighted by atomic mass is 10.0. The van der Waals surface area contributed by atoms with Gasteiger partial charge in [0.15, 0.2) is 0 Å². The third-order valence-corrected chi connectivity index (χ3v) is 5.12. The van der Waals surface area contributed by atoms with Gasteiger partial charge < -0.3 is 19.9 Å². The maximum Gasteiger partial charge on any atom is 0.269 e. The molecule has 3 aromatic rings. The Morgan fingerprint density at radius 2 is 2.10 bits per heavy atom. The van der Waals surface area contributed by atoms with Crippen molar-refractivity contribution in [2.75, 3.05) is 26.9 Å². The highest BCUT2D eigenvalue weighted by atomic mass is 16.5. The third kappa shape index (κ3) is 4.25. The normalized spacial score (nSPS) is 14.4. The molecule has 1 amide bonds. The second kappa shape index (κ2) is 8.91. The number of aromatic hydroxyl groups is 1. The van der Waals surface area contributed by atoms with Gasteiger partial charge >= 0.3 is 0 Å². The Bertz CT molecular complexity index is 1010. The van der Waals surface area contributed by atoms with Crippen molar-refractivity contribution in [1.29, 1.82) is 0 Å². The summed E-state index contributed by atoms with van der Waals surface area (Å²) in [5.74, 6) is 0.620. The van der Waals surface area contributed by atoms with Crippen LogP contribution in [0.5, 0.6) is 11.8 Å². The number of pyridine rings is 2. The van der Waals surface area contributed by atoms with Crippen LogP contribution in [-0.2, 0) is 4.74 Å². The molecule has 0 unspecified atom stereocenters. The zero-order valence-corrected chi connectivity index (χ0v) is 16.6. The van der Waals surface area contributed by atoms with Crippen LogP contribution in [0.2, 0.25) is 0 Å². The van der Waals surface area contributed by atoms with Crippen molar-refractivity contribution in [3.63, 3.8) is 0 Å². The summed E-state index contributed by atoms with van der Waals surface area (Å²) in [6.07, 6.45) is 6.57. The first-order valence-electron chi connectivity index (χ1n) is 9.75. The molecule has 0 spiro atoms. The van der Waals surface area contributed by atoms with Crippen LogP contribution in [-0.4, -0.2) is 57.6 Å². The van der Waals surface area contributed by atoms with Gasteiger partial charge in [0.05, 0.1) is 30.8 Å². The molecule has 0 radical (unpaired) electrons. The van der Waals surface area contributed by atoms with Crippen molar-refractivity contribution in [3.8, 4) is 28.6 Å². The summed E-state index contributed by atoms with van der Waals surface area (Å²) in [7, 11) is 1.53. The molecule has 1 saturated heterocycles. The number of carbonyl (C=O) groups excluding carboxylic acids is 1. The SMILES string of the molecule is COc1cc(-c2cnn(-c3ccc(C(=O)NCC4CCOCC4)nc3)c2O)ccn1. The number of aromatic nitrogens is 4. The number of methoxy groups -OCH3 is 1. The van der Waals surface area contributed by atoms with Gasteiger partial charge in [0.1, 0.15) is 5.69 Å². The quantitative estimate of drug-likeness (QED) is 0.642. The molecule has 9 nitrogen and oxygen atoms in total. The van der Waals surface area contributed by atoms with E-state index in [0.29, 0.717) is 35.3 Å². The Labute approximate surface area is 173 Å². The smallest absolute Gasteiger partial charge is 0.269 e. The minimum Gasteiger partial charge on any atom is -0.493 e. The van der Waals surface area contributed by atoms with Gasteiger partial charge in [0.25, 0.3) is 5.91 Å². The van der Waals surface area contributed by atoms with E-state index >= 15 is 0 Å². The van der Waals surface area contributed by atoms with E-state index in [1.807, 2.05) is 0 Å². The summed E-state index contributed by atoms with van der Waals surface area (Å²) < 4.78 is 11.8. The highest BCUT2D eigenvalue weighted by Crippen LogP contribution is 2.31. The van der Waals surface area contributed by atoms with Gasteiger partial charge in [-0.25, -0.2) is 9.97 Å². The summed E-state index contributed by atoms with van der Waals surface area (Å²) in [5, 5.41) is 17.8. The van der Waals surface area contributed by atoms with Crippen LogP contribution >= 0.6 is 0 Å². The molecule has 2 N–H and O–H groups in total. The van der Waals surface area contributed by atoms with E-state index in [-0.39, 0.29) is 11.8 Å². The zero-order chi connectivity index (χ0) is 20.9. The monoisotopic (exact) mass is 409 g/mol. The molecule has 0 aliphatic carbocycles. The predicted octanol–water partition coefficient (Wildman–Crippen LogP) is 2.20. The molecule has 4 rings (SSSR count). The summed E-state index contributed by atoms with van der Waals surface area (Å²) in [6, 6.07) is 6.78. The first-order valence-corrected chi connectivity index (χ1v) is 9.75. The lowest BCUT2D eigenvalue weighted by Gasteiger charge is -2.22. The van der Waals surface area contributed by atoms with E-state index < -0.39 is 0 Å². The standard InChI is InChI=1S/C21H23N5O4/c1-29-19-10-15(4-7-22-19)17-13-25-26(21(17)28)16-2-3-18(23-12-16)20(27)24-11-14-5-8-30-9-6-14/h2-4,7,10,12-14,28H,5-6,8-9,11H2,1H3,(H,24,27). The number of hydrogen-bond acceptors (Lipinski definition) is 7. The molecule has 0 aromatic carbocycles. The summed E-state index contributed by atoms with van der Waals surface area (Å²) in [6.45, 7) is 2.11. The van der Waals surface area contributed by atoms with Gasteiger partial charge in [-0.3, -0.25) is 4.79 Å². The number of ether oxygens (including phenoxy) is 2. The number of hydrogen-bond donors (Lipinski definition) is 2. The van der Waals surface area contributed by atoms with Gasteiger partial charge in [-0.1, -0.05) is 0 Å².